The lowest BCUT2D eigenvalue weighted by molar-refractivity contribution is -0.142. The van der Waals surface area contributed by atoms with Crippen LogP contribution in [-0.2, 0) is 17.5 Å². The van der Waals surface area contributed by atoms with E-state index >= 15 is 0 Å². The minimum Gasteiger partial charge on any atom is -0.350 e. The van der Waals surface area contributed by atoms with Gasteiger partial charge in [0.25, 0.3) is 0 Å². The molecule has 124 valence electrons. The van der Waals surface area contributed by atoms with E-state index in [9.17, 15) is 18.0 Å². The van der Waals surface area contributed by atoms with Crippen LogP contribution in [0.15, 0.2) is 30.3 Å². The van der Waals surface area contributed by atoms with Crippen LogP contribution in [0, 0.1) is 6.92 Å². The number of halogens is 4. The monoisotopic (exact) mass is 345 g/mol. The molecule has 1 aromatic carbocycles. The Labute approximate surface area is 136 Å². The minimum absolute atomic E-state index is 0.257. The summed E-state index contributed by atoms with van der Waals surface area (Å²) in [7, 11) is 0. The lowest BCUT2D eigenvalue weighted by Gasteiger charge is -2.14. The van der Waals surface area contributed by atoms with Gasteiger partial charge in [0.05, 0.1) is 0 Å². The first kappa shape index (κ1) is 17.3. The lowest BCUT2D eigenvalue weighted by atomic mass is 10.2. The van der Waals surface area contributed by atoms with Crippen LogP contribution in [0.4, 0.5) is 13.2 Å². The van der Waals surface area contributed by atoms with Gasteiger partial charge in [-0.05, 0) is 37.6 Å². The van der Waals surface area contributed by atoms with E-state index in [-0.39, 0.29) is 12.2 Å². The average molecular weight is 346 g/mol. The normalized spacial score (nSPS) is 13.0. The molecule has 0 aliphatic rings. The Kier molecular flexibility index (Phi) is 4.99. The first-order valence-corrected chi connectivity index (χ1v) is 7.22. The maximum Gasteiger partial charge on any atom is 0.435 e. The number of nitrogens with one attached hydrogen (secondary N) is 1. The molecule has 1 N–H and O–H groups in total. The molecule has 0 spiro atoms. The highest BCUT2D eigenvalue weighted by Crippen LogP contribution is 2.29. The molecule has 0 aliphatic carbocycles. The van der Waals surface area contributed by atoms with Gasteiger partial charge in [0.1, 0.15) is 6.04 Å². The van der Waals surface area contributed by atoms with Gasteiger partial charge in [-0.25, -0.2) is 0 Å². The van der Waals surface area contributed by atoms with Gasteiger partial charge in [-0.15, -0.1) is 0 Å². The number of nitrogens with zero attached hydrogens (tertiary/aromatic N) is 2. The van der Waals surface area contributed by atoms with E-state index in [2.05, 4.69) is 10.4 Å². The maximum absolute atomic E-state index is 12.7. The Morgan fingerprint density at radius 2 is 1.96 bits per heavy atom. The van der Waals surface area contributed by atoms with Crippen LogP contribution in [-0.4, -0.2) is 15.7 Å². The van der Waals surface area contributed by atoms with E-state index in [0.717, 1.165) is 16.3 Å². The predicted molar refractivity (Wildman–Crippen MR) is 80.0 cm³/mol. The Bertz CT molecular complexity index is 695. The standard InChI is InChI=1S/C15H15ClF3N3O/c1-9-7-13(15(17,18)19)21-22(9)10(2)14(23)20-8-11-3-5-12(16)6-4-11/h3-7,10H,8H2,1-2H3,(H,20,23). The molecule has 2 aromatic rings. The summed E-state index contributed by atoms with van der Waals surface area (Å²) < 4.78 is 39.1. The number of amides is 1. The molecule has 1 unspecified atom stereocenters. The summed E-state index contributed by atoms with van der Waals surface area (Å²) >= 11 is 5.77. The molecule has 4 nitrogen and oxygen atoms in total. The molecular weight excluding hydrogens is 331 g/mol. The molecule has 1 amide bonds. The molecule has 0 bridgehead atoms. The third kappa shape index (κ3) is 4.25. The highest BCUT2D eigenvalue weighted by Gasteiger charge is 2.35. The van der Waals surface area contributed by atoms with E-state index in [1.54, 1.807) is 24.3 Å². The number of hydrogen-bond acceptors (Lipinski definition) is 2. The number of rotatable bonds is 4. The Morgan fingerprint density at radius 1 is 1.35 bits per heavy atom. The fraction of sp³-hybridized carbons (Fsp3) is 0.333. The molecule has 0 aliphatic heterocycles. The van der Waals surface area contributed by atoms with Crippen LogP contribution >= 0.6 is 11.6 Å². The van der Waals surface area contributed by atoms with Crippen LogP contribution in [0.3, 0.4) is 0 Å². The molecule has 0 saturated heterocycles. The van der Waals surface area contributed by atoms with Crippen molar-refractivity contribution in [3.05, 3.63) is 52.3 Å². The summed E-state index contributed by atoms with van der Waals surface area (Å²) in [6, 6.07) is 6.98. The van der Waals surface area contributed by atoms with Crippen LogP contribution < -0.4 is 5.32 Å². The first-order chi connectivity index (χ1) is 10.7. The summed E-state index contributed by atoms with van der Waals surface area (Å²) in [5.74, 6) is -0.417. The summed E-state index contributed by atoms with van der Waals surface area (Å²) in [5, 5.41) is 6.73. The Balaban J connectivity index is 2.05. The van der Waals surface area contributed by atoms with Crippen LogP contribution in [0.5, 0.6) is 0 Å². The topological polar surface area (TPSA) is 46.9 Å². The molecule has 0 saturated carbocycles. The second-order valence-electron chi connectivity index (χ2n) is 5.13. The molecule has 0 radical (unpaired) electrons. The van der Waals surface area contributed by atoms with Crippen molar-refractivity contribution in [2.45, 2.75) is 32.6 Å². The van der Waals surface area contributed by atoms with E-state index in [1.165, 1.54) is 13.8 Å². The Morgan fingerprint density at radius 3 is 2.48 bits per heavy atom. The summed E-state index contributed by atoms with van der Waals surface area (Å²) in [6.45, 7) is 3.23. The van der Waals surface area contributed by atoms with Crippen molar-refractivity contribution in [1.82, 2.24) is 15.1 Å². The van der Waals surface area contributed by atoms with Crippen molar-refractivity contribution in [3.8, 4) is 0 Å². The number of benzene rings is 1. The molecular formula is C15H15ClF3N3O. The number of aryl methyl sites for hydroxylation is 1. The van der Waals surface area contributed by atoms with E-state index < -0.39 is 23.8 Å². The zero-order chi connectivity index (χ0) is 17.2. The van der Waals surface area contributed by atoms with E-state index in [1.807, 2.05) is 0 Å². The van der Waals surface area contributed by atoms with E-state index in [0.29, 0.717) is 5.02 Å². The minimum atomic E-state index is -4.53. The summed E-state index contributed by atoms with van der Waals surface area (Å²) in [5.41, 5.74) is 0.0990. The van der Waals surface area contributed by atoms with Crippen molar-refractivity contribution < 1.29 is 18.0 Å². The summed E-state index contributed by atoms with van der Waals surface area (Å²) in [6.07, 6.45) is -4.53. The van der Waals surface area contributed by atoms with Crippen molar-refractivity contribution in [2.24, 2.45) is 0 Å². The van der Waals surface area contributed by atoms with Crippen LogP contribution in [0.1, 0.15) is 29.9 Å². The number of hydrogen-bond donors (Lipinski definition) is 1. The predicted octanol–water partition coefficient (Wildman–Crippen LogP) is 3.74. The fourth-order valence-electron chi connectivity index (χ4n) is 2.07. The van der Waals surface area contributed by atoms with Gasteiger partial charge in [0.2, 0.25) is 5.91 Å². The number of carbonyl (C=O) groups excluding carboxylic acids is 1. The smallest absolute Gasteiger partial charge is 0.350 e. The molecule has 1 heterocycles. The maximum atomic E-state index is 12.7. The first-order valence-electron chi connectivity index (χ1n) is 6.84. The highest BCUT2D eigenvalue weighted by molar-refractivity contribution is 6.30. The molecule has 1 atom stereocenters. The molecule has 0 fully saturated rings. The fourth-order valence-corrected chi connectivity index (χ4v) is 2.19. The highest BCUT2D eigenvalue weighted by atomic mass is 35.5. The van der Waals surface area contributed by atoms with Gasteiger partial charge in [-0.3, -0.25) is 9.48 Å². The van der Waals surface area contributed by atoms with Crippen molar-refractivity contribution in [1.29, 1.82) is 0 Å². The number of alkyl halides is 3. The number of aromatic nitrogens is 2. The number of carbonyl (C=O) groups is 1. The largest absolute Gasteiger partial charge is 0.435 e. The second kappa shape index (κ2) is 6.62. The van der Waals surface area contributed by atoms with Crippen LogP contribution in [0.2, 0.25) is 5.02 Å². The van der Waals surface area contributed by atoms with Gasteiger partial charge < -0.3 is 5.32 Å². The lowest BCUT2D eigenvalue weighted by Crippen LogP contribution is -2.31. The van der Waals surface area contributed by atoms with Crippen LogP contribution in [0.25, 0.3) is 0 Å². The van der Waals surface area contributed by atoms with Gasteiger partial charge >= 0.3 is 6.18 Å². The van der Waals surface area contributed by atoms with Gasteiger partial charge in [-0.2, -0.15) is 18.3 Å². The molecule has 2 rings (SSSR count). The van der Waals surface area contributed by atoms with Crippen molar-refractivity contribution in [2.75, 3.05) is 0 Å². The van der Waals surface area contributed by atoms with Crippen molar-refractivity contribution in [3.63, 3.8) is 0 Å². The average Bonchev–Trinajstić information content (AvgIpc) is 2.87. The molecule has 23 heavy (non-hydrogen) atoms. The zero-order valence-corrected chi connectivity index (χ0v) is 13.2. The second-order valence-corrected chi connectivity index (χ2v) is 5.57. The van der Waals surface area contributed by atoms with Gasteiger partial charge in [0, 0.05) is 17.3 Å². The van der Waals surface area contributed by atoms with Gasteiger partial charge in [-0.1, -0.05) is 23.7 Å². The SMILES string of the molecule is Cc1cc(C(F)(F)F)nn1C(C)C(=O)NCc1ccc(Cl)cc1. The quantitative estimate of drug-likeness (QED) is 0.917. The third-order valence-corrected chi connectivity index (χ3v) is 3.59. The van der Waals surface area contributed by atoms with Gasteiger partial charge in [0.15, 0.2) is 5.69 Å². The summed E-state index contributed by atoms with van der Waals surface area (Å²) in [4.78, 5) is 12.1. The molecule has 1 aromatic heterocycles. The zero-order valence-electron chi connectivity index (χ0n) is 12.5. The molecule has 8 heteroatoms. The third-order valence-electron chi connectivity index (χ3n) is 3.34. The van der Waals surface area contributed by atoms with E-state index in [4.69, 9.17) is 11.6 Å². The Hall–Kier alpha value is -2.02. The van der Waals surface area contributed by atoms with Crippen molar-refractivity contribution >= 4 is 17.5 Å².